The largest absolute Gasteiger partial charge is 0.353 e. The Hall–Kier alpha value is -3.64. The van der Waals surface area contributed by atoms with E-state index in [2.05, 4.69) is 48.5 Å². The lowest BCUT2D eigenvalue weighted by Crippen LogP contribution is -2.54. The molecule has 0 radical (unpaired) electrons. The summed E-state index contributed by atoms with van der Waals surface area (Å²) in [6.45, 7) is 7.08. The smallest absolute Gasteiger partial charge is 0.227 e. The summed E-state index contributed by atoms with van der Waals surface area (Å²) in [6, 6.07) is 5.69. The van der Waals surface area contributed by atoms with Gasteiger partial charge in [-0.2, -0.15) is 10.1 Å². The number of carbonyl (C=O) groups is 1. The Morgan fingerprint density at radius 2 is 2.06 bits per heavy atom. The summed E-state index contributed by atoms with van der Waals surface area (Å²) in [6.07, 6.45) is 5.10. The highest BCUT2D eigenvalue weighted by atomic mass is 19.1. The van der Waals surface area contributed by atoms with Crippen LogP contribution >= 0.6 is 0 Å². The molecule has 2 saturated heterocycles. The third kappa shape index (κ3) is 5.23. The van der Waals surface area contributed by atoms with Crippen LogP contribution in [-0.2, 0) is 4.79 Å². The molecule has 3 aromatic rings. The number of halogens is 1. The molecule has 3 aromatic heterocycles. The first-order valence-electron chi connectivity index (χ1n) is 11.7. The van der Waals surface area contributed by atoms with Crippen LogP contribution < -0.4 is 26.4 Å². The van der Waals surface area contributed by atoms with Gasteiger partial charge in [0.25, 0.3) is 0 Å². The Morgan fingerprint density at radius 3 is 2.71 bits per heavy atom. The number of pyridine rings is 1. The molecule has 2 fully saturated rings. The fourth-order valence-electron chi connectivity index (χ4n) is 4.19. The summed E-state index contributed by atoms with van der Waals surface area (Å²) in [5, 5.41) is 10.3. The van der Waals surface area contributed by atoms with Crippen molar-refractivity contribution in [1.29, 1.82) is 0 Å². The van der Waals surface area contributed by atoms with Crippen LogP contribution in [0.5, 0.6) is 0 Å². The van der Waals surface area contributed by atoms with Crippen LogP contribution in [0, 0.1) is 18.7 Å². The molecule has 0 bridgehead atoms. The number of anilines is 2. The number of rotatable bonds is 7. The van der Waals surface area contributed by atoms with E-state index in [1.54, 1.807) is 12.3 Å². The van der Waals surface area contributed by atoms with Crippen molar-refractivity contribution >= 4 is 17.7 Å². The number of hydrogen-bond acceptors (Lipinski definition) is 9. The van der Waals surface area contributed by atoms with Gasteiger partial charge in [-0.25, -0.2) is 24.5 Å². The SMILES string of the molecule is Cc1cc(NC2CC(C)NN2)nc(N2CC(C(=O)N[C@@H](C)c3ccc(-n4cc(F)cn4)nc3)C2)n1. The van der Waals surface area contributed by atoms with E-state index in [1.807, 2.05) is 30.9 Å². The lowest BCUT2D eigenvalue weighted by atomic mass is 9.99. The van der Waals surface area contributed by atoms with Crippen molar-refractivity contribution in [3.05, 3.63) is 53.9 Å². The zero-order valence-electron chi connectivity index (χ0n) is 19.9. The predicted octanol–water partition coefficient (Wildman–Crippen LogP) is 1.44. The highest BCUT2D eigenvalue weighted by molar-refractivity contribution is 5.82. The topological polar surface area (TPSA) is 125 Å². The molecule has 4 N–H and O–H groups in total. The van der Waals surface area contributed by atoms with Gasteiger partial charge in [0.1, 0.15) is 5.82 Å². The number of amides is 1. The van der Waals surface area contributed by atoms with Gasteiger partial charge >= 0.3 is 0 Å². The normalized spacial score (nSPS) is 21.0. The Morgan fingerprint density at radius 1 is 1.23 bits per heavy atom. The summed E-state index contributed by atoms with van der Waals surface area (Å²) in [5.74, 6) is 1.31. The average Bonchev–Trinajstić information content (AvgIpc) is 3.40. The highest BCUT2D eigenvalue weighted by Crippen LogP contribution is 2.25. The molecule has 11 nitrogen and oxygen atoms in total. The quantitative estimate of drug-likeness (QED) is 0.398. The van der Waals surface area contributed by atoms with Crippen molar-refractivity contribution in [2.45, 2.75) is 45.4 Å². The van der Waals surface area contributed by atoms with Crippen LogP contribution in [0.1, 0.15) is 37.6 Å². The molecule has 1 amide bonds. The van der Waals surface area contributed by atoms with Crippen LogP contribution in [0.25, 0.3) is 5.82 Å². The molecule has 0 aliphatic carbocycles. The van der Waals surface area contributed by atoms with E-state index in [-0.39, 0.29) is 24.0 Å². The summed E-state index contributed by atoms with van der Waals surface area (Å²) in [7, 11) is 0. The second-order valence-corrected chi connectivity index (χ2v) is 9.20. The zero-order chi connectivity index (χ0) is 24.5. The number of aryl methyl sites for hydroxylation is 1. The van der Waals surface area contributed by atoms with Crippen LogP contribution in [0.15, 0.2) is 36.8 Å². The van der Waals surface area contributed by atoms with E-state index in [9.17, 15) is 9.18 Å². The summed E-state index contributed by atoms with van der Waals surface area (Å²) in [5.41, 5.74) is 8.12. The molecule has 35 heavy (non-hydrogen) atoms. The number of carbonyl (C=O) groups excluding carboxylic acids is 1. The second-order valence-electron chi connectivity index (χ2n) is 9.20. The van der Waals surface area contributed by atoms with Crippen molar-refractivity contribution in [1.82, 2.24) is 40.9 Å². The average molecular weight is 481 g/mol. The van der Waals surface area contributed by atoms with Gasteiger partial charge in [0.05, 0.1) is 30.5 Å². The molecular weight excluding hydrogens is 451 g/mol. The first-order valence-corrected chi connectivity index (χ1v) is 11.7. The highest BCUT2D eigenvalue weighted by Gasteiger charge is 2.35. The van der Waals surface area contributed by atoms with E-state index in [0.29, 0.717) is 30.9 Å². The number of nitrogens with zero attached hydrogens (tertiary/aromatic N) is 6. The van der Waals surface area contributed by atoms with Crippen molar-refractivity contribution in [2.75, 3.05) is 23.3 Å². The molecule has 3 atom stereocenters. The van der Waals surface area contributed by atoms with Gasteiger partial charge in [-0.05, 0) is 38.8 Å². The zero-order valence-corrected chi connectivity index (χ0v) is 19.9. The van der Waals surface area contributed by atoms with E-state index < -0.39 is 5.82 Å². The fourth-order valence-corrected chi connectivity index (χ4v) is 4.19. The lowest BCUT2D eigenvalue weighted by molar-refractivity contribution is -0.126. The maximum Gasteiger partial charge on any atom is 0.227 e. The Kier molecular flexibility index (Phi) is 6.31. The minimum absolute atomic E-state index is 0.0202. The summed E-state index contributed by atoms with van der Waals surface area (Å²) >= 11 is 0. The van der Waals surface area contributed by atoms with Crippen LogP contribution in [0.3, 0.4) is 0 Å². The van der Waals surface area contributed by atoms with Gasteiger partial charge in [-0.1, -0.05) is 6.07 Å². The van der Waals surface area contributed by atoms with Gasteiger partial charge in [-0.15, -0.1) is 0 Å². The van der Waals surface area contributed by atoms with Crippen LogP contribution in [0.4, 0.5) is 16.2 Å². The molecule has 2 unspecified atom stereocenters. The maximum atomic E-state index is 13.2. The maximum absolute atomic E-state index is 13.2. The van der Waals surface area contributed by atoms with Gasteiger partial charge in [0.15, 0.2) is 11.6 Å². The molecule has 2 aliphatic rings. The van der Waals surface area contributed by atoms with Gasteiger partial charge in [0.2, 0.25) is 11.9 Å². The first kappa shape index (κ1) is 23.1. The lowest BCUT2D eigenvalue weighted by Gasteiger charge is -2.38. The fraction of sp³-hybridized carbons (Fsp3) is 0.435. The van der Waals surface area contributed by atoms with E-state index in [1.165, 1.54) is 10.9 Å². The van der Waals surface area contributed by atoms with Gasteiger partial charge in [-0.3, -0.25) is 10.2 Å². The molecule has 12 heteroatoms. The van der Waals surface area contributed by atoms with Crippen molar-refractivity contribution in [2.24, 2.45) is 5.92 Å². The number of nitrogens with one attached hydrogen (secondary N) is 4. The standard InChI is InChI=1S/C23H29FN10O/c1-13-6-19(29-20-7-14(2)31-32-20)30-23(27-13)33-10-17(11-33)22(35)28-15(3)16-4-5-21(25-8-16)34-12-18(24)9-26-34/h4-6,8-9,12,14-15,17,20,31-32H,7,10-11H2,1-3H3,(H,28,35)(H,27,29,30)/t14?,15-,20?/m0/s1. The van der Waals surface area contributed by atoms with E-state index in [0.717, 1.165) is 29.7 Å². The Bertz CT molecular complexity index is 1190. The van der Waals surface area contributed by atoms with Crippen molar-refractivity contribution in [3.63, 3.8) is 0 Å². The Labute approximate surface area is 202 Å². The summed E-state index contributed by atoms with van der Waals surface area (Å²) < 4.78 is 14.5. The molecule has 184 valence electrons. The molecule has 0 spiro atoms. The predicted molar refractivity (Wildman–Crippen MR) is 128 cm³/mol. The van der Waals surface area contributed by atoms with Crippen molar-refractivity contribution in [3.8, 4) is 5.82 Å². The molecule has 5 rings (SSSR count). The van der Waals surface area contributed by atoms with E-state index in [4.69, 9.17) is 0 Å². The Balaban J connectivity index is 1.14. The number of aromatic nitrogens is 5. The van der Waals surface area contributed by atoms with E-state index >= 15 is 0 Å². The molecule has 5 heterocycles. The first-order chi connectivity index (χ1) is 16.8. The minimum atomic E-state index is -0.424. The molecule has 2 aliphatic heterocycles. The minimum Gasteiger partial charge on any atom is -0.353 e. The van der Waals surface area contributed by atoms with Gasteiger partial charge < -0.3 is 15.5 Å². The number of hydrogen-bond donors (Lipinski definition) is 4. The summed E-state index contributed by atoms with van der Waals surface area (Å²) in [4.78, 5) is 28.3. The third-order valence-electron chi connectivity index (χ3n) is 6.21. The molecule has 0 aromatic carbocycles. The van der Waals surface area contributed by atoms with Crippen LogP contribution in [-0.4, -0.2) is 55.9 Å². The third-order valence-corrected chi connectivity index (χ3v) is 6.21. The molecule has 0 saturated carbocycles. The van der Waals surface area contributed by atoms with Crippen molar-refractivity contribution < 1.29 is 9.18 Å². The second kappa shape index (κ2) is 9.55. The van der Waals surface area contributed by atoms with Gasteiger partial charge in [0, 0.05) is 37.1 Å². The number of hydrazine groups is 1. The molecular formula is C23H29FN10O. The van der Waals surface area contributed by atoms with Crippen LogP contribution in [0.2, 0.25) is 0 Å². The monoisotopic (exact) mass is 480 g/mol.